The van der Waals surface area contributed by atoms with Crippen molar-refractivity contribution in [3.05, 3.63) is 23.9 Å². The summed E-state index contributed by atoms with van der Waals surface area (Å²) >= 11 is 0. The lowest BCUT2D eigenvalue weighted by molar-refractivity contribution is 0.322. The zero-order chi connectivity index (χ0) is 16.0. The van der Waals surface area contributed by atoms with E-state index in [-0.39, 0.29) is 0 Å². The Hall–Kier alpha value is -1.18. The number of anilines is 1. The molecular formula is C15H26N4O2S. The minimum absolute atomic E-state index is 0.519. The maximum atomic E-state index is 11.0. The minimum atomic E-state index is -3.06. The first-order valence-corrected chi connectivity index (χ1v) is 9.65. The zero-order valence-corrected chi connectivity index (χ0v) is 14.2. The zero-order valence-electron chi connectivity index (χ0n) is 13.4. The predicted molar refractivity (Wildman–Crippen MR) is 89.5 cm³/mol. The van der Waals surface area contributed by atoms with E-state index in [1.54, 1.807) is 0 Å². The van der Waals surface area contributed by atoms with Gasteiger partial charge in [-0.3, -0.25) is 0 Å². The predicted octanol–water partition coefficient (Wildman–Crippen LogP) is 1.06. The Morgan fingerprint density at radius 2 is 2.27 bits per heavy atom. The normalized spacial score (nSPS) is 19.5. The van der Waals surface area contributed by atoms with Crippen molar-refractivity contribution in [2.75, 3.05) is 44.3 Å². The first kappa shape index (κ1) is 17.2. The Bertz CT molecular complexity index is 577. The Balaban J connectivity index is 1.63. The molecule has 0 radical (unpaired) electrons. The molecule has 0 saturated carbocycles. The number of likely N-dealkylation sites (tertiary alicyclic amines) is 1. The molecule has 1 atom stereocenters. The van der Waals surface area contributed by atoms with Crippen molar-refractivity contribution in [3.8, 4) is 0 Å². The molecule has 0 bridgehead atoms. The van der Waals surface area contributed by atoms with E-state index in [1.165, 1.54) is 18.2 Å². The van der Waals surface area contributed by atoms with Gasteiger partial charge in [-0.1, -0.05) is 0 Å². The monoisotopic (exact) mass is 326 g/mol. The van der Waals surface area contributed by atoms with Gasteiger partial charge in [-0.25, -0.2) is 18.1 Å². The second-order valence-electron chi connectivity index (χ2n) is 6.07. The molecule has 0 amide bonds. The molecule has 2 rings (SSSR count). The maximum absolute atomic E-state index is 11.0. The first-order chi connectivity index (χ1) is 10.4. The van der Waals surface area contributed by atoms with Crippen LogP contribution in [0.25, 0.3) is 0 Å². The molecule has 1 saturated heterocycles. The highest BCUT2D eigenvalue weighted by Gasteiger charge is 2.21. The summed E-state index contributed by atoms with van der Waals surface area (Å²) in [5.41, 5.74) is 1.21. The molecule has 1 aliphatic heterocycles. The summed E-state index contributed by atoms with van der Waals surface area (Å²) in [5.74, 6) is 1.57. The average molecular weight is 326 g/mol. The van der Waals surface area contributed by atoms with E-state index in [0.29, 0.717) is 12.5 Å². The van der Waals surface area contributed by atoms with Gasteiger partial charge in [-0.05, 0) is 56.5 Å². The summed E-state index contributed by atoms with van der Waals surface area (Å²) in [6.07, 6.45) is 5.06. The van der Waals surface area contributed by atoms with Gasteiger partial charge in [0.15, 0.2) is 0 Å². The van der Waals surface area contributed by atoms with Crippen molar-refractivity contribution >= 4 is 15.8 Å². The lowest BCUT2D eigenvalue weighted by Gasteiger charge is -2.16. The Kier molecular flexibility index (Phi) is 6.16. The number of pyridine rings is 1. The topological polar surface area (TPSA) is 74.3 Å². The quantitative estimate of drug-likeness (QED) is 0.699. The van der Waals surface area contributed by atoms with E-state index in [2.05, 4.69) is 32.9 Å². The largest absolute Gasteiger partial charge is 0.370 e. The van der Waals surface area contributed by atoms with Crippen LogP contribution in [0.5, 0.6) is 0 Å². The smallest absolute Gasteiger partial charge is 0.208 e. The van der Waals surface area contributed by atoms with Crippen LogP contribution in [0.4, 0.5) is 5.82 Å². The molecule has 1 aliphatic rings. The molecular weight excluding hydrogens is 300 g/mol. The maximum Gasteiger partial charge on any atom is 0.208 e. The molecule has 6 nitrogen and oxygen atoms in total. The number of hydrogen-bond donors (Lipinski definition) is 2. The molecule has 2 N–H and O–H groups in total. The molecule has 1 fully saturated rings. The summed E-state index contributed by atoms with van der Waals surface area (Å²) < 4.78 is 24.5. The van der Waals surface area contributed by atoms with Crippen LogP contribution >= 0.6 is 0 Å². The fraction of sp³-hybridized carbons (Fsp3) is 0.667. The Morgan fingerprint density at radius 3 is 3.00 bits per heavy atom. The molecule has 0 spiro atoms. The third-order valence-electron chi connectivity index (χ3n) is 3.87. The van der Waals surface area contributed by atoms with Gasteiger partial charge in [-0.2, -0.15) is 0 Å². The van der Waals surface area contributed by atoms with Gasteiger partial charge in [0.1, 0.15) is 5.82 Å². The summed E-state index contributed by atoms with van der Waals surface area (Å²) in [5, 5.41) is 3.41. The minimum Gasteiger partial charge on any atom is -0.370 e. The number of rotatable bonds is 8. The van der Waals surface area contributed by atoms with Gasteiger partial charge >= 0.3 is 0 Å². The van der Waals surface area contributed by atoms with Gasteiger partial charge in [-0.15, -0.1) is 0 Å². The number of hydrogen-bond acceptors (Lipinski definition) is 5. The fourth-order valence-electron chi connectivity index (χ4n) is 2.72. The van der Waals surface area contributed by atoms with E-state index in [9.17, 15) is 8.42 Å². The summed E-state index contributed by atoms with van der Waals surface area (Å²) in [6.45, 7) is 6.63. The second kappa shape index (κ2) is 7.89. The number of aryl methyl sites for hydroxylation is 1. The average Bonchev–Trinajstić information content (AvgIpc) is 2.88. The van der Waals surface area contributed by atoms with Gasteiger partial charge in [0.2, 0.25) is 10.0 Å². The lowest BCUT2D eigenvalue weighted by Crippen LogP contribution is -2.29. The second-order valence-corrected chi connectivity index (χ2v) is 7.91. The third-order valence-corrected chi connectivity index (χ3v) is 4.60. The van der Waals surface area contributed by atoms with Gasteiger partial charge < -0.3 is 10.2 Å². The highest BCUT2D eigenvalue weighted by atomic mass is 32.2. The van der Waals surface area contributed by atoms with Gasteiger partial charge in [0.05, 0.1) is 6.26 Å². The number of aromatic nitrogens is 1. The molecule has 1 aromatic heterocycles. The fourth-order valence-corrected chi connectivity index (χ4v) is 3.24. The highest BCUT2D eigenvalue weighted by molar-refractivity contribution is 7.88. The summed E-state index contributed by atoms with van der Waals surface area (Å²) in [6, 6.07) is 4.05. The molecule has 0 aliphatic carbocycles. The van der Waals surface area contributed by atoms with Crippen molar-refractivity contribution in [2.24, 2.45) is 5.92 Å². The van der Waals surface area contributed by atoms with Crippen LogP contribution in [0.1, 0.15) is 18.4 Å². The SMILES string of the molecule is Cc1ccnc(NC[C@H]2CCN(CCCNS(C)(=O)=O)C2)c1. The summed E-state index contributed by atoms with van der Waals surface area (Å²) in [4.78, 5) is 6.72. The van der Waals surface area contributed by atoms with Crippen molar-refractivity contribution in [1.82, 2.24) is 14.6 Å². The van der Waals surface area contributed by atoms with Crippen molar-refractivity contribution in [1.29, 1.82) is 0 Å². The number of sulfonamides is 1. The molecule has 22 heavy (non-hydrogen) atoms. The summed E-state index contributed by atoms with van der Waals surface area (Å²) in [7, 11) is -3.06. The van der Waals surface area contributed by atoms with Crippen LogP contribution in [0.2, 0.25) is 0 Å². The Morgan fingerprint density at radius 1 is 1.45 bits per heavy atom. The van der Waals surface area contributed by atoms with Crippen LogP contribution in [-0.4, -0.2) is 57.3 Å². The van der Waals surface area contributed by atoms with Crippen LogP contribution in [0, 0.1) is 12.8 Å². The van der Waals surface area contributed by atoms with E-state index < -0.39 is 10.0 Å². The van der Waals surface area contributed by atoms with Crippen LogP contribution in [0.15, 0.2) is 18.3 Å². The van der Waals surface area contributed by atoms with E-state index in [1.807, 2.05) is 12.3 Å². The van der Waals surface area contributed by atoms with E-state index >= 15 is 0 Å². The molecule has 0 aromatic carbocycles. The van der Waals surface area contributed by atoms with Gasteiger partial charge in [0.25, 0.3) is 0 Å². The molecule has 2 heterocycles. The van der Waals surface area contributed by atoms with Gasteiger partial charge in [0, 0.05) is 25.8 Å². The highest BCUT2D eigenvalue weighted by Crippen LogP contribution is 2.17. The molecule has 1 aromatic rings. The standard InChI is InChI=1S/C15H26N4O2S/c1-13-4-7-16-15(10-13)17-11-14-5-9-19(12-14)8-3-6-18-22(2,20)21/h4,7,10,14,18H,3,5-6,8-9,11-12H2,1-2H3,(H,16,17)/t14-/m1/s1. The van der Waals surface area contributed by atoms with E-state index in [0.717, 1.165) is 38.4 Å². The van der Waals surface area contributed by atoms with Crippen LogP contribution in [-0.2, 0) is 10.0 Å². The van der Waals surface area contributed by atoms with E-state index in [4.69, 9.17) is 0 Å². The lowest BCUT2D eigenvalue weighted by atomic mass is 10.1. The Labute approximate surface area is 133 Å². The van der Waals surface area contributed by atoms with Crippen LogP contribution in [0.3, 0.4) is 0 Å². The number of nitrogens with one attached hydrogen (secondary N) is 2. The molecule has 124 valence electrons. The van der Waals surface area contributed by atoms with Crippen LogP contribution < -0.4 is 10.0 Å². The van der Waals surface area contributed by atoms with Crippen molar-refractivity contribution < 1.29 is 8.42 Å². The number of nitrogens with zero attached hydrogens (tertiary/aromatic N) is 2. The molecule has 0 unspecified atom stereocenters. The molecule has 7 heteroatoms. The van der Waals surface area contributed by atoms with Crippen molar-refractivity contribution in [2.45, 2.75) is 19.8 Å². The third kappa shape index (κ3) is 6.29. The first-order valence-electron chi connectivity index (χ1n) is 7.76. The van der Waals surface area contributed by atoms with Crippen molar-refractivity contribution in [3.63, 3.8) is 0 Å².